The first-order chi connectivity index (χ1) is 7.18. The first-order valence-corrected chi connectivity index (χ1v) is 4.59. The maximum atomic E-state index is 11.5. The summed E-state index contributed by atoms with van der Waals surface area (Å²) in [7, 11) is 0. The molecule has 0 saturated heterocycles. The van der Waals surface area contributed by atoms with E-state index in [1.807, 2.05) is 0 Å². The number of hydrogen-bond donors (Lipinski definition) is 0. The van der Waals surface area contributed by atoms with Crippen molar-refractivity contribution in [3.8, 4) is 0 Å². The predicted octanol–water partition coefficient (Wildman–Crippen LogP) is 1.46. The van der Waals surface area contributed by atoms with E-state index in [1.54, 1.807) is 24.3 Å². The normalized spacial score (nSPS) is 19.5. The Morgan fingerprint density at radius 3 is 2.93 bits per heavy atom. The highest BCUT2D eigenvalue weighted by Gasteiger charge is 2.27. The number of esters is 1. The Morgan fingerprint density at radius 2 is 2.20 bits per heavy atom. The van der Waals surface area contributed by atoms with Crippen molar-refractivity contribution in [2.75, 3.05) is 6.61 Å². The Balaban J connectivity index is 2.36. The third kappa shape index (κ3) is 1.89. The zero-order valence-electron chi connectivity index (χ0n) is 8.23. The summed E-state index contributed by atoms with van der Waals surface area (Å²) in [5.41, 5.74) is 1.18. The second-order valence-electron chi connectivity index (χ2n) is 3.26. The molecule has 0 aliphatic carbocycles. The minimum absolute atomic E-state index is 0.0467. The van der Waals surface area contributed by atoms with E-state index < -0.39 is 12.3 Å². The van der Waals surface area contributed by atoms with Crippen molar-refractivity contribution in [2.24, 2.45) is 0 Å². The number of carbonyl (C=O) groups is 2. The third-order valence-electron chi connectivity index (χ3n) is 2.15. The van der Waals surface area contributed by atoms with Crippen molar-refractivity contribution in [3.63, 3.8) is 0 Å². The van der Waals surface area contributed by atoms with Gasteiger partial charge in [0.2, 0.25) is 6.29 Å². The van der Waals surface area contributed by atoms with Gasteiger partial charge in [-0.2, -0.15) is 0 Å². The fourth-order valence-corrected chi connectivity index (χ4v) is 1.52. The molecule has 4 nitrogen and oxygen atoms in total. The summed E-state index contributed by atoms with van der Waals surface area (Å²) in [6.07, 6.45) is -0.753. The molecule has 0 fully saturated rings. The van der Waals surface area contributed by atoms with E-state index in [9.17, 15) is 9.59 Å². The van der Waals surface area contributed by atoms with Gasteiger partial charge in [-0.3, -0.25) is 9.59 Å². The van der Waals surface area contributed by atoms with E-state index in [0.29, 0.717) is 11.1 Å². The Labute approximate surface area is 86.8 Å². The highest BCUT2D eigenvalue weighted by molar-refractivity contribution is 5.99. The lowest BCUT2D eigenvalue weighted by molar-refractivity contribution is -0.177. The number of hydrogen-bond acceptors (Lipinski definition) is 4. The molecule has 15 heavy (non-hydrogen) atoms. The molecule has 1 atom stereocenters. The smallest absolute Gasteiger partial charge is 0.305 e. The van der Waals surface area contributed by atoms with E-state index in [2.05, 4.69) is 0 Å². The van der Waals surface area contributed by atoms with Gasteiger partial charge in [-0.05, 0) is 0 Å². The van der Waals surface area contributed by atoms with Gasteiger partial charge in [0.05, 0.1) is 0 Å². The van der Waals surface area contributed by atoms with Crippen LogP contribution in [0.2, 0.25) is 0 Å². The molecule has 0 bridgehead atoms. The molecule has 2 rings (SSSR count). The zero-order valence-corrected chi connectivity index (χ0v) is 8.23. The molecule has 1 unspecified atom stereocenters. The van der Waals surface area contributed by atoms with Gasteiger partial charge >= 0.3 is 5.97 Å². The highest BCUT2D eigenvalue weighted by Crippen LogP contribution is 2.27. The van der Waals surface area contributed by atoms with Crippen LogP contribution in [0.5, 0.6) is 0 Å². The van der Waals surface area contributed by atoms with Gasteiger partial charge in [-0.1, -0.05) is 24.3 Å². The molecule has 4 heteroatoms. The van der Waals surface area contributed by atoms with Crippen LogP contribution in [0.4, 0.5) is 0 Å². The van der Waals surface area contributed by atoms with Crippen LogP contribution < -0.4 is 0 Å². The molecule has 78 valence electrons. The molecule has 0 aromatic heterocycles. The fraction of sp³-hybridized carbons (Fsp3) is 0.273. The average Bonchev–Trinajstić information content (AvgIpc) is 2.22. The molecule has 1 aromatic rings. The zero-order chi connectivity index (χ0) is 10.8. The summed E-state index contributed by atoms with van der Waals surface area (Å²) in [5.74, 6) is -0.516. The van der Waals surface area contributed by atoms with Crippen molar-refractivity contribution < 1.29 is 19.1 Å². The van der Waals surface area contributed by atoms with Crippen molar-refractivity contribution >= 4 is 11.8 Å². The second kappa shape index (κ2) is 3.82. The summed E-state index contributed by atoms with van der Waals surface area (Å²) in [5, 5.41) is 0. The quantitative estimate of drug-likeness (QED) is 0.653. The van der Waals surface area contributed by atoms with Gasteiger partial charge in [0.1, 0.15) is 6.61 Å². The lowest BCUT2D eigenvalue weighted by Crippen LogP contribution is -2.25. The number of carbonyl (C=O) groups excluding carboxylic acids is 2. The third-order valence-corrected chi connectivity index (χ3v) is 2.15. The maximum Gasteiger partial charge on any atom is 0.305 e. The number of Topliss-reactive ketones (excluding diaryl/α,β-unsaturated/α-hetero) is 1. The molecule has 0 saturated carbocycles. The lowest BCUT2D eigenvalue weighted by Gasteiger charge is -2.24. The largest absolute Gasteiger partial charge is 0.431 e. The van der Waals surface area contributed by atoms with E-state index in [1.165, 1.54) is 6.92 Å². The van der Waals surface area contributed by atoms with Crippen LogP contribution in [0.1, 0.15) is 29.1 Å². The van der Waals surface area contributed by atoms with Gasteiger partial charge in [0.25, 0.3) is 0 Å². The number of rotatable bonds is 1. The van der Waals surface area contributed by atoms with Crippen LogP contribution in [-0.2, 0) is 14.3 Å². The van der Waals surface area contributed by atoms with Gasteiger partial charge in [-0.25, -0.2) is 0 Å². The molecule has 1 aliphatic heterocycles. The van der Waals surface area contributed by atoms with Crippen LogP contribution in [0.3, 0.4) is 0 Å². The van der Waals surface area contributed by atoms with Gasteiger partial charge in [0, 0.05) is 18.1 Å². The van der Waals surface area contributed by atoms with Crippen LogP contribution in [0.15, 0.2) is 24.3 Å². The number of ether oxygens (including phenoxy) is 2. The summed E-state index contributed by atoms with van der Waals surface area (Å²) in [6, 6.07) is 6.97. The summed E-state index contributed by atoms with van der Waals surface area (Å²) in [6.45, 7) is 1.26. The Bertz CT molecular complexity index is 411. The van der Waals surface area contributed by atoms with E-state index in [4.69, 9.17) is 9.47 Å². The average molecular weight is 206 g/mol. The van der Waals surface area contributed by atoms with Gasteiger partial charge in [0.15, 0.2) is 5.78 Å². The molecule has 1 heterocycles. The standard InChI is InChI=1S/C11H10O4/c1-7(12)15-11-9-5-3-2-4-8(9)10(13)6-14-11/h2-5,11H,6H2,1H3. The van der Waals surface area contributed by atoms with Crippen molar-refractivity contribution in [3.05, 3.63) is 35.4 Å². The molecule has 0 radical (unpaired) electrons. The number of ketones is 1. The summed E-state index contributed by atoms with van der Waals surface area (Å²) in [4.78, 5) is 22.3. The van der Waals surface area contributed by atoms with E-state index in [-0.39, 0.29) is 12.4 Å². The topological polar surface area (TPSA) is 52.6 Å². The maximum absolute atomic E-state index is 11.5. The first kappa shape index (κ1) is 9.86. The van der Waals surface area contributed by atoms with Crippen molar-refractivity contribution in [1.29, 1.82) is 0 Å². The summed E-state index contributed by atoms with van der Waals surface area (Å²) >= 11 is 0. The van der Waals surface area contributed by atoms with Crippen molar-refractivity contribution in [2.45, 2.75) is 13.2 Å². The van der Waals surface area contributed by atoms with E-state index in [0.717, 1.165) is 0 Å². The highest BCUT2D eigenvalue weighted by atomic mass is 16.7. The van der Waals surface area contributed by atoms with Gasteiger partial charge < -0.3 is 9.47 Å². The molecule has 1 aliphatic rings. The van der Waals surface area contributed by atoms with Gasteiger partial charge in [-0.15, -0.1) is 0 Å². The molecular weight excluding hydrogens is 196 g/mol. The van der Waals surface area contributed by atoms with E-state index >= 15 is 0 Å². The number of fused-ring (bicyclic) bond motifs is 1. The minimum atomic E-state index is -0.753. The Morgan fingerprint density at radius 1 is 1.47 bits per heavy atom. The molecule has 0 N–H and O–H groups in total. The Kier molecular flexibility index (Phi) is 2.51. The second-order valence-corrected chi connectivity index (χ2v) is 3.26. The molecular formula is C11H10O4. The monoisotopic (exact) mass is 206 g/mol. The fourth-order valence-electron chi connectivity index (χ4n) is 1.52. The van der Waals surface area contributed by atoms with Crippen molar-refractivity contribution in [1.82, 2.24) is 0 Å². The number of benzene rings is 1. The Hall–Kier alpha value is -1.68. The summed E-state index contributed by atoms with van der Waals surface area (Å²) < 4.78 is 10.1. The van der Waals surface area contributed by atoms with Crippen LogP contribution in [-0.4, -0.2) is 18.4 Å². The molecule has 0 spiro atoms. The molecule has 0 amide bonds. The first-order valence-electron chi connectivity index (χ1n) is 4.59. The predicted molar refractivity (Wildman–Crippen MR) is 51.2 cm³/mol. The SMILES string of the molecule is CC(=O)OC1OCC(=O)c2ccccc21. The molecule has 1 aromatic carbocycles. The van der Waals surface area contributed by atoms with Crippen LogP contribution in [0, 0.1) is 0 Å². The lowest BCUT2D eigenvalue weighted by atomic mass is 10.0. The van der Waals surface area contributed by atoms with Crippen LogP contribution in [0.25, 0.3) is 0 Å². The van der Waals surface area contributed by atoms with Crippen LogP contribution >= 0.6 is 0 Å². The minimum Gasteiger partial charge on any atom is -0.431 e.